The Hall–Kier alpha value is -1.51. The van der Waals surface area contributed by atoms with E-state index in [1.807, 2.05) is 45.9 Å². The van der Waals surface area contributed by atoms with Crippen LogP contribution in [-0.4, -0.2) is 9.55 Å². The molecule has 15 heavy (non-hydrogen) atoms. The van der Waals surface area contributed by atoms with Crippen molar-refractivity contribution in [3.05, 3.63) is 34.2 Å². The number of nitrogens with zero attached hydrogens (tertiary/aromatic N) is 1. The second kappa shape index (κ2) is 2.99. The van der Waals surface area contributed by atoms with E-state index in [2.05, 4.69) is 4.98 Å². The molecular weight excluding hydrogens is 188 g/mol. The molecule has 0 atom stereocenters. The molecule has 0 amide bonds. The fourth-order valence-electron chi connectivity index (χ4n) is 1.88. The van der Waals surface area contributed by atoms with Crippen molar-refractivity contribution in [3.63, 3.8) is 0 Å². The Labute approximate surface area is 88.7 Å². The van der Waals surface area contributed by atoms with Crippen LogP contribution in [0, 0.1) is 6.92 Å². The molecule has 80 valence electrons. The molecule has 0 saturated heterocycles. The molecule has 0 radical (unpaired) electrons. The molecule has 0 aliphatic rings. The summed E-state index contributed by atoms with van der Waals surface area (Å²) in [6.07, 6.45) is 0. The lowest BCUT2D eigenvalue weighted by molar-refractivity contribution is 0.397. The lowest BCUT2D eigenvalue weighted by atomic mass is 10.1. The van der Waals surface area contributed by atoms with Crippen LogP contribution in [0.5, 0.6) is 0 Å². The summed E-state index contributed by atoms with van der Waals surface area (Å²) in [4.78, 5) is 14.7. The third kappa shape index (κ3) is 1.58. The minimum absolute atomic E-state index is 0.0388. The van der Waals surface area contributed by atoms with Crippen molar-refractivity contribution in [1.82, 2.24) is 9.55 Å². The zero-order valence-corrected chi connectivity index (χ0v) is 9.59. The highest BCUT2D eigenvalue weighted by atomic mass is 16.1. The van der Waals surface area contributed by atoms with E-state index in [9.17, 15) is 4.79 Å². The Kier molecular flexibility index (Phi) is 2.00. The van der Waals surface area contributed by atoms with Crippen LogP contribution in [0.3, 0.4) is 0 Å². The van der Waals surface area contributed by atoms with E-state index < -0.39 is 0 Å². The molecule has 1 heterocycles. The number of benzene rings is 1. The number of aromatic nitrogens is 2. The van der Waals surface area contributed by atoms with Gasteiger partial charge in [-0.3, -0.25) is 4.57 Å². The second-order valence-electron chi connectivity index (χ2n) is 4.96. The second-order valence-corrected chi connectivity index (χ2v) is 4.96. The molecule has 0 bridgehead atoms. The van der Waals surface area contributed by atoms with Gasteiger partial charge in [-0.25, -0.2) is 4.79 Å². The van der Waals surface area contributed by atoms with Crippen molar-refractivity contribution in [2.75, 3.05) is 0 Å². The number of hydrogen-bond acceptors (Lipinski definition) is 1. The summed E-state index contributed by atoms with van der Waals surface area (Å²) in [6.45, 7) is 8.13. The van der Waals surface area contributed by atoms with Gasteiger partial charge in [-0.2, -0.15) is 0 Å². The number of hydrogen-bond donors (Lipinski definition) is 1. The third-order valence-corrected chi connectivity index (χ3v) is 2.51. The molecule has 0 aliphatic carbocycles. The molecule has 0 aliphatic heterocycles. The molecule has 3 nitrogen and oxygen atoms in total. The number of imidazole rings is 1. The molecule has 0 fully saturated rings. The molecule has 2 rings (SSSR count). The van der Waals surface area contributed by atoms with Gasteiger partial charge < -0.3 is 4.98 Å². The van der Waals surface area contributed by atoms with E-state index >= 15 is 0 Å². The molecule has 1 aromatic carbocycles. The SMILES string of the molecule is Cc1ccc2[nH]c(=O)n(C(C)(C)C)c2c1. The van der Waals surface area contributed by atoms with Gasteiger partial charge in [0.2, 0.25) is 0 Å². The summed E-state index contributed by atoms with van der Waals surface area (Å²) >= 11 is 0. The van der Waals surface area contributed by atoms with Crippen LogP contribution >= 0.6 is 0 Å². The molecule has 1 N–H and O–H groups in total. The van der Waals surface area contributed by atoms with Crippen LogP contribution in [0.25, 0.3) is 11.0 Å². The Bertz CT molecular complexity index is 555. The number of rotatable bonds is 0. The van der Waals surface area contributed by atoms with E-state index in [0.29, 0.717) is 0 Å². The summed E-state index contributed by atoms with van der Waals surface area (Å²) in [5.74, 6) is 0. The Morgan fingerprint density at radius 2 is 1.93 bits per heavy atom. The minimum Gasteiger partial charge on any atom is -0.306 e. The number of aryl methyl sites for hydroxylation is 1. The van der Waals surface area contributed by atoms with E-state index in [1.165, 1.54) is 5.56 Å². The fraction of sp³-hybridized carbons (Fsp3) is 0.417. The maximum atomic E-state index is 11.8. The first-order valence-corrected chi connectivity index (χ1v) is 5.11. The van der Waals surface area contributed by atoms with Gasteiger partial charge in [0, 0.05) is 5.54 Å². The predicted octanol–water partition coefficient (Wildman–Crippen LogP) is 2.39. The highest BCUT2D eigenvalue weighted by Gasteiger charge is 2.18. The van der Waals surface area contributed by atoms with Crippen LogP contribution in [-0.2, 0) is 5.54 Å². The van der Waals surface area contributed by atoms with Crippen LogP contribution in [0.1, 0.15) is 26.3 Å². The zero-order valence-electron chi connectivity index (χ0n) is 9.59. The fourth-order valence-corrected chi connectivity index (χ4v) is 1.88. The average molecular weight is 204 g/mol. The van der Waals surface area contributed by atoms with E-state index in [4.69, 9.17) is 0 Å². The molecule has 0 unspecified atom stereocenters. The van der Waals surface area contributed by atoms with E-state index in [1.54, 1.807) is 4.57 Å². The number of aromatic amines is 1. The van der Waals surface area contributed by atoms with Gasteiger partial charge in [-0.05, 0) is 45.4 Å². The van der Waals surface area contributed by atoms with Gasteiger partial charge in [0.05, 0.1) is 11.0 Å². The maximum Gasteiger partial charge on any atom is 0.326 e. The third-order valence-electron chi connectivity index (χ3n) is 2.51. The smallest absolute Gasteiger partial charge is 0.306 e. The lowest BCUT2D eigenvalue weighted by Crippen LogP contribution is -2.31. The highest BCUT2D eigenvalue weighted by Crippen LogP contribution is 2.19. The first kappa shape index (κ1) is 10.0. The van der Waals surface area contributed by atoms with Gasteiger partial charge in [0.25, 0.3) is 0 Å². The largest absolute Gasteiger partial charge is 0.326 e. The molecule has 2 aromatic rings. The lowest BCUT2D eigenvalue weighted by Gasteiger charge is -2.20. The van der Waals surface area contributed by atoms with E-state index in [0.717, 1.165) is 11.0 Å². The average Bonchev–Trinajstić information content (AvgIpc) is 2.38. The normalized spacial score (nSPS) is 12.3. The van der Waals surface area contributed by atoms with Crippen molar-refractivity contribution in [3.8, 4) is 0 Å². The first-order chi connectivity index (χ1) is 6.89. The standard InChI is InChI=1S/C12H16N2O/c1-8-5-6-9-10(7-8)14(11(15)13-9)12(2,3)4/h5-7H,1-4H3,(H,13,15). The highest BCUT2D eigenvalue weighted by molar-refractivity contribution is 5.76. The molecule has 1 aromatic heterocycles. The summed E-state index contributed by atoms with van der Waals surface area (Å²) in [5, 5.41) is 0. The van der Waals surface area contributed by atoms with Crippen molar-refractivity contribution >= 4 is 11.0 Å². The summed E-state index contributed by atoms with van der Waals surface area (Å²) in [5.41, 5.74) is 2.82. The van der Waals surface area contributed by atoms with Crippen LogP contribution < -0.4 is 5.69 Å². The van der Waals surface area contributed by atoms with Crippen molar-refractivity contribution < 1.29 is 0 Å². The van der Waals surface area contributed by atoms with Crippen LogP contribution in [0.2, 0.25) is 0 Å². The first-order valence-electron chi connectivity index (χ1n) is 5.11. The molecule has 3 heteroatoms. The Balaban J connectivity index is 2.89. The number of H-pyrrole nitrogens is 1. The zero-order chi connectivity index (χ0) is 11.2. The van der Waals surface area contributed by atoms with Gasteiger partial charge in [0.1, 0.15) is 0 Å². The van der Waals surface area contributed by atoms with Crippen LogP contribution in [0.4, 0.5) is 0 Å². The van der Waals surface area contributed by atoms with Gasteiger partial charge >= 0.3 is 5.69 Å². The summed E-state index contributed by atoms with van der Waals surface area (Å²) in [7, 11) is 0. The Morgan fingerprint density at radius 1 is 1.27 bits per heavy atom. The van der Waals surface area contributed by atoms with Gasteiger partial charge in [-0.15, -0.1) is 0 Å². The summed E-state index contributed by atoms with van der Waals surface area (Å²) in [6, 6.07) is 6.00. The number of fused-ring (bicyclic) bond motifs is 1. The molecule has 0 saturated carbocycles. The van der Waals surface area contributed by atoms with Gasteiger partial charge in [0.15, 0.2) is 0 Å². The molecular formula is C12H16N2O. The minimum atomic E-state index is -0.191. The Morgan fingerprint density at radius 3 is 2.53 bits per heavy atom. The van der Waals surface area contributed by atoms with Crippen LogP contribution in [0.15, 0.2) is 23.0 Å². The maximum absolute atomic E-state index is 11.8. The van der Waals surface area contributed by atoms with E-state index in [-0.39, 0.29) is 11.2 Å². The van der Waals surface area contributed by atoms with Gasteiger partial charge in [-0.1, -0.05) is 6.07 Å². The van der Waals surface area contributed by atoms with Crippen molar-refractivity contribution in [2.24, 2.45) is 0 Å². The summed E-state index contributed by atoms with van der Waals surface area (Å²) < 4.78 is 1.80. The monoisotopic (exact) mass is 204 g/mol. The topological polar surface area (TPSA) is 37.8 Å². The molecule has 0 spiro atoms. The quantitative estimate of drug-likeness (QED) is 0.703. The predicted molar refractivity (Wildman–Crippen MR) is 62.3 cm³/mol. The van der Waals surface area contributed by atoms with Crippen molar-refractivity contribution in [2.45, 2.75) is 33.2 Å². The number of nitrogens with one attached hydrogen (secondary N) is 1. The van der Waals surface area contributed by atoms with Crippen molar-refractivity contribution in [1.29, 1.82) is 0 Å².